The molecule has 4 heteroatoms. The van der Waals surface area contributed by atoms with E-state index < -0.39 is 0 Å². The molecule has 0 aliphatic carbocycles. The lowest BCUT2D eigenvalue weighted by molar-refractivity contribution is 1.15. The fraction of sp³-hybridized carbons (Fsp3) is 0.143. The second-order valence-corrected chi connectivity index (χ2v) is 4.44. The van der Waals surface area contributed by atoms with Crippen molar-refractivity contribution in [2.45, 2.75) is 13.5 Å². The summed E-state index contributed by atoms with van der Waals surface area (Å²) in [4.78, 5) is 0. The Morgan fingerprint density at radius 1 is 0.944 bits per heavy atom. The molecule has 0 aromatic heterocycles. The van der Waals surface area contributed by atoms with E-state index in [0.29, 0.717) is 12.2 Å². The molecule has 2 rings (SSSR count). The quantitative estimate of drug-likeness (QED) is 0.622. The van der Waals surface area contributed by atoms with Crippen LogP contribution in [0.2, 0.25) is 0 Å². The molecular formula is C14H18N4. The standard InChI is InChI=1S/C14H18N4/c1-9-4-12(16)7-13(5-9)18-8-10-6-11(15)2-3-14(10)17/h2-7,18H,8,15-17H2,1H3. The number of rotatable bonds is 3. The van der Waals surface area contributed by atoms with E-state index in [9.17, 15) is 0 Å². The third-order valence-electron chi connectivity index (χ3n) is 2.75. The number of hydrogen-bond donors (Lipinski definition) is 4. The van der Waals surface area contributed by atoms with Crippen LogP contribution in [0.4, 0.5) is 22.7 Å². The van der Waals surface area contributed by atoms with Crippen molar-refractivity contribution in [1.82, 2.24) is 0 Å². The summed E-state index contributed by atoms with van der Waals surface area (Å²) in [5.41, 5.74) is 22.7. The molecular weight excluding hydrogens is 224 g/mol. The monoisotopic (exact) mass is 242 g/mol. The molecule has 2 aromatic rings. The first-order chi connectivity index (χ1) is 8.54. The van der Waals surface area contributed by atoms with Gasteiger partial charge in [0, 0.05) is 29.3 Å². The molecule has 0 amide bonds. The number of hydrogen-bond acceptors (Lipinski definition) is 4. The van der Waals surface area contributed by atoms with E-state index >= 15 is 0 Å². The highest BCUT2D eigenvalue weighted by Gasteiger charge is 2.01. The third-order valence-corrected chi connectivity index (χ3v) is 2.75. The van der Waals surface area contributed by atoms with Crippen LogP contribution in [0.15, 0.2) is 36.4 Å². The molecule has 0 saturated heterocycles. The Bertz CT molecular complexity index is 543. The Hall–Kier alpha value is -2.36. The predicted octanol–water partition coefficient (Wildman–Crippen LogP) is 2.35. The van der Waals surface area contributed by atoms with E-state index in [1.807, 2.05) is 37.3 Å². The van der Waals surface area contributed by atoms with Gasteiger partial charge in [-0.15, -0.1) is 0 Å². The van der Waals surface area contributed by atoms with Gasteiger partial charge in [0.15, 0.2) is 0 Å². The number of nitrogens with one attached hydrogen (secondary N) is 1. The topological polar surface area (TPSA) is 90.1 Å². The van der Waals surface area contributed by atoms with Crippen LogP contribution < -0.4 is 22.5 Å². The van der Waals surface area contributed by atoms with Gasteiger partial charge in [0.1, 0.15) is 0 Å². The molecule has 0 unspecified atom stereocenters. The third kappa shape index (κ3) is 2.85. The van der Waals surface area contributed by atoms with Crippen molar-refractivity contribution in [1.29, 1.82) is 0 Å². The van der Waals surface area contributed by atoms with Gasteiger partial charge in [-0.1, -0.05) is 0 Å². The molecule has 0 fully saturated rings. The summed E-state index contributed by atoms with van der Waals surface area (Å²) in [5, 5.41) is 3.30. The summed E-state index contributed by atoms with van der Waals surface area (Å²) < 4.78 is 0. The van der Waals surface area contributed by atoms with E-state index in [0.717, 1.165) is 28.2 Å². The van der Waals surface area contributed by atoms with Gasteiger partial charge in [-0.25, -0.2) is 0 Å². The van der Waals surface area contributed by atoms with Crippen molar-refractivity contribution in [3.8, 4) is 0 Å². The summed E-state index contributed by atoms with van der Waals surface area (Å²) in [7, 11) is 0. The minimum atomic E-state index is 0.625. The van der Waals surface area contributed by atoms with Crippen LogP contribution in [0.3, 0.4) is 0 Å². The smallest absolute Gasteiger partial charge is 0.0421 e. The molecule has 2 aromatic carbocycles. The van der Waals surface area contributed by atoms with E-state index in [1.54, 1.807) is 6.07 Å². The predicted molar refractivity (Wildman–Crippen MR) is 78.2 cm³/mol. The number of benzene rings is 2. The average molecular weight is 242 g/mol. The van der Waals surface area contributed by atoms with Gasteiger partial charge in [0.2, 0.25) is 0 Å². The molecule has 0 heterocycles. The van der Waals surface area contributed by atoms with Crippen molar-refractivity contribution >= 4 is 22.7 Å². The van der Waals surface area contributed by atoms with Gasteiger partial charge >= 0.3 is 0 Å². The zero-order valence-electron chi connectivity index (χ0n) is 10.4. The largest absolute Gasteiger partial charge is 0.399 e. The van der Waals surface area contributed by atoms with Gasteiger partial charge in [-0.3, -0.25) is 0 Å². The zero-order chi connectivity index (χ0) is 13.1. The Morgan fingerprint density at radius 3 is 2.44 bits per heavy atom. The van der Waals surface area contributed by atoms with Crippen molar-refractivity contribution in [3.05, 3.63) is 47.5 Å². The zero-order valence-corrected chi connectivity index (χ0v) is 10.4. The van der Waals surface area contributed by atoms with E-state index in [2.05, 4.69) is 5.32 Å². The maximum Gasteiger partial charge on any atom is 0.0421 e. The molecule has 0 atom stereocenters. The number of anilines is 4. The second kappa shape index (κ2) is 4.87. The molecule has 4 nitrogen and oxygen atoms in total. The van der Waals surface area contributed by atoms with Gasteiger partial charge in [0.05, 0.1) is 0 Å². The van der Waals surface area contributed by atoms with Crippen molar-refractivity contribution in [2.75, 3.05) is 22.5 Å². The van der Waals surface area contributed by atoms with Crippen LogP contribution in [0.5, 0.6) is 0 Å². The molecule has 0 spiro atoms. The van der Waals surface area contributed by atoms with Crippen LogP contribution in [0, 0.1) is 6.92 Å². The maximum absolute atomic E-state index is 5.89. The molecule has 0 aliphatic heterocycles. The highest BCUT2D eigenvalue weighted by atomic mass is 14.9. The number of nitrogen functional groups attached to an aromatic ring is 3. The van der Waals surface area contributed by atoms with Gasteiger partial charge < -0.3 is 22.5 Å². The molecule has 7 N–H and O–H groups in total. The summed E-state index contributed by atoms with van der Waals surface area (Å²) in [6, 6.07) is 11.4. The van der Waals surface area contributed by atoms with Crippen LogP contribution in [-0.2, 0) is 6.54 Å². The van der Waals surface area contributed by atoms with E-state index in [-0.39, 0.29) is 0 Å². The number of aryl methyl sites for hydroxylation is 1. The minimum Gasteiger partial charge on any atom is -0.399 e. The summed E-state index contributed by atoms with van der Waals surface area (Å²) >= 11 is 0. The normalized spacial score (nSPS) is 10.3. The first-order valence-electron chi connectivity index (χ1n) is 5.79. The van der Waals surface area contributed by atoms with Crippen molar-refractivity contribution < 1.29 is 0 Å². The Labute approximate surface area is 107 Å². The van der Waals surface area contributed by atoms with Gasteiger partial charge in [-0.05, 0) is 54.4 Å². The van der Waals surface area contributed by atoms with E-state index in [1.165, 1.54) is 0 Å². The first kappa shape index (κ1) is 12.1. The van der Waals surface area contributed by atoms with Gasteiger partial charge in [-0.2, -0.15) is 0 Å². The molecule has 0 bridgehead atoms. The molecule has 18 heavy (non-hydrogen) atoms. The highest BCUT2D eigenvalue weighted by molar-refractivity contribution is 5.59. The summed E-state index contributed by atoms with van der Waals surface area (Å²) in [5.74, 6) is 0. The minimum absolute atomic E-state index is 0.625. The molecule has 0 radical (unpaired) electrons. The average Bonchev–Trinajstić information content (AvgIpc) is 2.29. The molecule has 0 saturated carbocycles. The van der Waals surface area contributed by atoms with Crippen LogP contribution >= 0.6 is 0 Å². The fourth-order valence-corrected chi connectivity index (χ4v) is 1.89. The van der Waals surface area contributed by atoms with Crippen molar-refractivity contribution in [2.24, 2.45) is 0 Å². The molecule has 0 aliphatic rings. The lowest BCUT2D eigenvalue weighted by Crippen LogP contribution is -2.04. The van der Waals surface area contributed by atoms with Crippen LogP contribution in [0.25, 0.3) is 0 Å². The van der Waals surface area contributed by atoms with Crippen LogP contribution in [-0.4, -0.2) is 0 Å². The summed E-state index contributed by atoms with van der Waals surface area (Å²) in [6.07, 6.45) is 0. The SMILES string of the molecule is Cc1cc(N)cc(NCc2cc(N)ccc2N)c1. The Morgan fingerprint density at radius 2 is 1.72 bits per heavy atom. The lowest BCUT2D eigenvalue weighted by Gasteiger charge is -2.11. The first-order valence-corrected chi connectivity index (χ1v) is 5.79. The summed E-state index contributed by atoms with van der Waals surface area (Å²) in [6.45, 7) is 2.64. The Kier molecular flexibility index (Phi) is 3.28. The number of nitrogens with two attached hydrogens (primary N) is 3. The Balaban J connectivity index is 2.13. The molecule has 94 valence electrons. The fourth-order valence-electron chi connectivity index (χ4n) is 1.89. The van der Waals surface area contributed by atoms with Crippen LogP contribution in [0.1, 0.15) is 11.1 Å². The van der Waals surface area contributed by atoms with Crippen molar-refractivity contribution in [3.63, 3.8) is 0 Å². The van der Waals surface area contributed by atoms with Gasteiger partial charge in [0.25, 0.3) is 0 Å². The lowest BCUT2D eigenvalue weighted by atomic mass is 10.1. The maximum atomic E-state index is 5.89. The van der Waals surface area contributed by atoms with E-state index in [4.69, 9.17) is 17.2 Å². The highest BCUT2D eigenvalue weighted by Crippen LogP contribution is 2.20. The second-order valence-electron chi connectivity index (χ2n) is 4.44.